The van der Waals surface area contributed by atoms with Gasteiger partial charge in [-0.1, -0.05) is 27.7 Å². The summed E-state index contributed by atoms with van der Waals surface area (Å²) < 4.78 is 2.06. The SMILES string of the molecule is CCC(NC)c1cnn(CCC(C)(C)C)c1. The molecular weight excluding hydrogens is 198 g/mol. The first kappa shape index (κ1) is 13.2. The van der Waals surface area contributed by atoms with E-state index in [0.29, 0.717) is 11.5 Å². The minimum absolute atomic E-state index is 0.374. The van der Waals surface area contributed by atoms with Crippen molar-refractivity contribution in [1.82, 2.24) is 15.1 Å². The van der Waals surface area contributed by atoms with Crippen molar-refractivity contribution in [3.63, 3.8) is 0 Å². The smallest absolute Gasteiger partial charge is 0.0537 e. The molecule has 0 saturated carbocycles. The van der Waals surface area contributed by atoms with Crippen LogP contribution in [0, 0.1) is 5.41 Å². The van der Waals surface area contributed by atoms with Gasteiger partial charge in [-0.05, 0) is 25.3 Å². The summed E-state index contributed by atoms with van der Waals surface area (Å²) in [4.78, 5) is 0. The Kier molecular flexibility index (Phi) is 4.54. The Balaban J connectivity index is 2.58. The van der Waals surface area contributed by atoms with Crippen molar-refractivity contribution in [3.8, 4) is 0 Å². The number of aromatic nitrogens is 2. The lowest BCUT2D eigenvalue weighted by Crippen LogP contribution is -2.14. The van der Waals surface area contributed by atoms with Gasteiger partial charge in [-0.3, -0.25) is 4.68 Å². The third-order valence-electron chi connectivity index (χ3n) is 2.90. The lowest BCUT2D eigenvalue weighted by molar-refractivity contribution is 0.341. The molecule has 0 aromatic carbocycles. The van der Waals surface area contributed by atoms with Crippen LogP contribution in [0.5, 0.6) is 0 Å². The molecule has 0 bridgehead atoms. The molecular formula is C13H25N3. The number of nitrogens with zero attached hydrogens (tertiary/aromatic N) is 2. The zero-order valence-electron chi connectivity index (χ0n) is 11.2. The van der Waals surface area contributed by atoms with Gasteiger partial charge >= 0.3 is 0 Å². The fourth-order valence-electron chi connectivity index (χ4n) is 1.74. The van der Waals surface area contributed by atoms with Gasteiger partial charge in [-0.15, -0.1) is 0 Å². The van der Waals surface area contributed by atoms with E-state index in [0.717, 1.165) is 19.4 Å². The van der Waals surface area contributed by atoms with Crippen LogP contribution in [-0.2, 0) is 6.54 Å². The first-order valence-corrected chi connectivity index (χ1v) is 6.16. The molecule has 1 N–H and O–H groups in total. The zero-order chi connectivity index (χ0) is 12.2. The lowest BCUT2D eigenvalue weighted by Gasteiger charge is -2.17. The topological polar surface area (TPSA) is 29.9 Å². The first-order chi connectivity index (χ1) is 7.46. The highest BCUT2D eigenvalue weighted by molar-refractivity contribution is 5.09. The van der Waals surface area contributed by atoms with Crippen molar-refractivity contribution in [3.05, 3.63) is 18.0 Å². The number of nitrogens with one attached hydrogen (secondary N) is 1. The molecule has 1 unspecified atom stereocenters. The lowest BCUT2D eigenvalue weighted by atomic mass is 9.92. The average molecular weight is 223 g/mol. The maximum Gasteiger partial charge on any atom is 0.0537 e. The Bertz CT molecular complexity index is 305. The maximum atomic E-state index is 4.41. The highest BCUT2D eigenvalue weighted by Gasteiger charge is 2.12. The quantitative estimate of drug-likeness (QED) is 0.831. The van der Waals surface area contributed by atoms with E-state index >= 15 is 0 Å². The highest BCUT2D eigenvalue weighted by atomic mass is 15.3. The van der Waals surface area contributed by atoms with Crippen LogP contribution >= 0.6 is 0 Å². The number of hydrogen-bond donors (Lipinski definition) is 1. The van der Waals surface area contributed by atoms with E-state index < -0.39 is 0 Å². The van der Waals surface area contributed by atoms with Crippen LogP contribution in [0.2, 0.25) is 0 Å². The Morgan fingerprint density at radius 1 is 1.44 bits per heavy atom. The van der Waals surface area contributed by atoms with E-state index in [4.69, 9.17) is 0 Å². The predicted octanol–water partition coefficient (Wildman–Crippen LogP) is 2.99. The molecule has 1 heterocycles. The summed E-state index contributed by atoms with van der Waals surface area (Å²) in [6.45, 7) is 9.98. The summed E-state index contributed by atoms with van der Waals surface area (Å²) in [6, 6.07) is 0.434. The molecule has 0 amide bonds. The van der Waals surface area contributed by atoms with Gasteiger partial charge in [0.15, 0.2) is 0 Å². The highest BCUT2D eigenvalue weighted by Crippen LogP contribution is 2.20. The van der Waals surface area contributed by atoms with E-state index in [9.17, 15) is 0 Å². The summed E-state index contributed by atoms with van der Waals surface area (Å²) in [5, 5.41) is 7.71. The molecule has 16 heavy (non-hydrogen) atoms. The fourth-order valence-corrected chi connectivity index (χ4v) is 1.74. The number of rotatable bonds is 5. The van der Waals surface area contributed by atoms with Crippen LogP contribution in [-0.4, -0.2) is 16.8 Å². The van der Waals surface area contributed by atoms with Crippen molar-refractivity contribution in [2.45, 2.75) is 53.1 Å². The first-order valence-electron chi connectivity index (χ1n) is 6.16. The van der Waals surface area contributed by atoms with Crippen molar-refractivity contribution >= 4 is 0 Å². The molecule has 0 fully saturated rings. The molecule has 0 aliphatic rings. The number of hydrogen-bond acceptors (Lipinski definition) is 2. The minimum Gasteiger partial charge on any atom is -0.313 e. The zero-order valence-corrected chi connectivity index (χ0v) is 11.2. The molecule has 92 valence electrons. The standard InChI is InChI=1S/C13H25N3/c1-6-12(14-5)11-9-15-16(10-11)8-7-13(2,3)4/h9-10,12,14H,6-8H2,1-5H3. The number of aryl methyl sites for hydroxylation is 1. The van der Waals surface area contributed by atoms with Gasteiger partial charge in [0, 0.05) is 24.3 Å². The average Bonchev–Trinajstić information content (AvgIpc) is 2.65. The molecule has 0 saturated heterocycles. The van der Waals surface area contributed by atoms with Crippen molar-refractivity contribution < 1.29 is 0 Å². The Hall–Kier alpha value is -0.830. The van der Waals surface area contributed by atoms with Crippen LogP contribution in [0.15, 0.2) is 12.4 Å². The van der Waals surface area contributed by atoms with Crippen LogP contribution in [0.1, 0.15) is 52.1 Å². The molecule has 1 rings (SSSR count). The minimum atomic E-state index is 0.374. The molecule has 0 aliphatic carbocycles. The van der Waals surface area contributed by atoms with Crippen molar-refractivity contribution in [1.29, 1.82) is 0 Å². The second kappa shape index (κ2) is 5.48. The van der Waals surface area contributed by atoms with Gasteiger partial charge in [0.25, 0.3) is 0 Å². The van der Waals surface area contributed by atoms with Gasteiger partial charge in [0.05, 0.1) is 6.20 Å². The van der Waals surface area contributed by atoms with Crippen LogP contribution in [0.3, 0.4) is 0 Å². The van der Waals surface area contributed by atoms with Gasteiger partial charge in [-0.25, -0.2) is 0 Å². The van der Waals surface area contributed by atoms with Crippen molar-refractivity contribution in [2.75, 3.05) is 7.05 Å². The van der Waals surface area contributed by atoms with E-state index in [2.05, 4.69) is 49.0 Å². The summed E-state index contributed by atoms with van der Waals surface area (Å²) >= 11 is 0. The second-order valence-electron chi connectivity index (χ2n) is 5.60. The third kappa shape index (κ3) is 3.97. The predicted molar refractivity (Wildman–Crippen MR) is 68.4 cm³/mol. The Labute approximate surface area is 99.2 Å². The monoisotopic (exact) mass is 223 g/mol. The van der Waals surface area contributed by atoms with E-state index in [1.165, 1.54) is 5.56 Å². The summed E-state index contributed by atoms with van der Waals surface area (Å²) in [6.07, 6.45) is 6.40. The van der Waals surface area contributed by atoms with E-state index in [-0.39, 0.29) is 0 Å². The maximum absolute atomic E-state index is 4.41. The van der Waals surface area contributed by atoms with Crippen LogP contribution in [0.4, 0.5) is 0 Å². The fraction of sp³-hybridized carbons (Fsp3) is 0.769. The van der Waals surface area contributed by atoms with Gasteiger partial charge in [0.2, 0.25) is 0 Å². The normalized spacial score (nSPS) is 14.1. The van der Waals surface area contributed by atoms with Gasteiger partial charge < -0.3 is 5.32 Å². The Morgan fingerprint density at radius 2 is 2.12 bits per heavy atom. The van der Waals surface area contributed by atoms with E-state index in [1.807, 2.05) is 13.2 Å². The molecule has 3 nitrogen and oxygen atoms in total. The largest absolute Gasteiger partial charge is 0.313 e. The summed E-state index contributed by atoms with van der Waals surface area (Å²) in [5.41, 5.74) is 1.66. The van der Waals surface area contributed by atoms with Gasteiger partial charge in [-0.2, -0.15) is 5.10 Å². The van der Waals surface area contributed by atoms with E-state index in [1.54, 1.807) is 0 Å². The molecule has 1 atom stereocenters. The molecule has 1 aromatic rings. The van der Waals surface area contributed by atoms with Crippen molar-refractivity contribution in [2.24, 2.45) is 5.41 Å². The van der Waals surface area contributed by atoms with Crippen LogP contribution in [0.25, 0.3) is 0 Å². The summed E-state index contributed by atoms with van der Waals surface area (Å²) in [5.74, 6) is 0. The molecule has 3 heteroatoms. The van der Waals surface area contributed by atoms with Gasteiger partial charge in [0.1, 0.15) is 0 Å². The second-order valence-corrected chi connectivity index (χ2v) is 5.60. The van der Waals surface area contributed by atoms with Crippen LogP contribution < -0.4 is 5.32 Å². The molecule has 1 aromatic heterocycles. The molecule has 0 spiro atoms. The summed E-state index contributed by atoms with van der Waals surface area (Å²) in [7, 11) is 2.00. The third-order valence-corrected chi connectivity index (χ3v) is 2.90. The Morgan fingerprint density at radius 3 is 2.62 bits per heavy atom. The molecule has 0 aliphatic heterocycles. The molecule has 0 radical (unpaired) electrons.